The van der Waals surface area contributed by atoms with Crippen LogP contribution in [-0.4, -0.2) is 32.7 Å². The van der Waals surface area contributed by atoms with Crippen LogP contribution < -0.4 is 5.32 Å². The van der Waals surface area contributed by atoms with Crippen LogP contribution >= 0.6 is 23.2 Å². The van der Waals surface area contributed by atoms with E-state index in [-0.39, 0.29) is 34.4 Å². The molecular formula is C26H27Cl2N3O2. The van der Waals surface area contributed by atoms with Gasteiger partial charge in [0, 0.05) is 27.9 Å². The summed E-state index contributed by atoms with van der Waals surface area (Å²) in [5, 5.41) is 15.4. The third-order valence-corrected chi connectivity index (χ3v) is 8.84. The van der Waals surface area contributed by atoms with Gasteiger partial charge in [-0.1, -0.05) is 56.1 Å². The molecule has 5 nitrogen and oxygen atoms in total. The minimum absolute atomic E-state index is 0.0459. The van der Waals surface area contributed by atoms with Gasteiger partial charge in [-0.25, -0.2) is 4.98 Å². The van der Waals surface area contributed by atoms with Crippen LogP contribution in [0, 0.1) is 16.7 Å². The van der Waals surface area contributed by atoms with Gasteiger partial charge < -0.3 is 10.4 Å². The molecule has 33 heavy (non-hydrogen) atoms. The Balaban J connectivity index is 1.52. The molecule has 0 radical (unpaired) electrons. The first-order valence-corrected chi connectivity index (χ1v) is 12.0. The fraction of sp³-hybridized carbons (Fsp3) is 0.385. The molecule has 172 valence electrons. The highest BCUT2D eigenvalue weighted by Gasteiger charge is 2.66. The second kappa shape index (κ2) is 7.86. The van der Waals surface area contributed by atoms with Crippen LogP contribution in [0.3, 0.4) is 0 Å². The van der Waals surface area contributed by atoms with Gasteiger partial charge in [-0.3, -0.25) is 9.36 Å². The summed E-state index contributed by atoms with van der Waals surface area (Å²) >= 11 is 12.5. The molecule has 2 aliphatic carbocycles. The van der Waals surface area contributed by atoms with Crippen LogP contribution in [0.5, 0.6) is 0 Å². The first kappa shape index (κ1) is 22.5. The van der Waals surface area contributed by atoms with Crippen molar-refractivity contribution in [2.45, 2.75) is 45.8 Å². The van der Waals surface area contributed by atoms with Gasteiger partial charge >= 0.3 is 0 Å². The standard InChI is InChI=1S/C26H27Cl2N3O2/c1-25(2)18-12-13-26(25,3)22(32)21(18)30-24(33)20-14-31(16-10-8-15(27)9-11-16)23(29-20)17-6-4-5-7-19(17)28/h4-11,14,18,21-22,32H,12-13H2,1-3H3,(H,30,33)/t18-,21-,22-,26+/m1/s1. The highest BCUT2D eigenvalue weighted by Crippen LogP contribution is 2.65. The number of hydrogen-bond acceptors (Lipinski definition) is 3. The van der Waals surface area contributed by atoms with Gasteiger partial charge in [0.25, 0.3) is 5.91 Å². The average Bonchev–Trinajstić information content (AvgIpc) is 3.36. The second-order valence-corrected chi connectivity index (χ2v) is 10.8. The SMILES string of the molecule is CC1(C)[C@@H]2CC[C@@]1(C)[C@H](O)[C@@H]2NC(=O)c1cn(-c2ccc(Cl)cc2)c(-c2ccccc2Cl)n1. The fourth-order valence-electron chi connectivity index (χ4n) is 5.86. The first-order valence-electron chi connectivity index (χ1n) is 11.2. The van der Waals surface area contributed by atoms with Crippen LogP contribution in [0.1, 0.15) is 44.1 Å². The lowest BCUT2D eigenvalue weighted by Crippen LogP contribution is -2.49. The Hall–Kier alpha value is -2.34. The van der Waals surface area contributed by atoms with Crippen LogP contribution in [0.2, 0.25) is 10.0 Å². The summed E-state index contributed by atoms with van der Waals surface area (Å²) in [5.74, 6) is 0.490. The van der Waals surface area contributed by atoms with Crippen molar-refractivity contribution < 1.29 is 9.90 Å². The zero-order valence-electron chi connectivity index (χ0n) is 18.8. The Bertz CT molecular complexity index is 1220. The van der Waals surface area contributed by atoms with Crippen LogP contribution in [-0.2, 0) is 0 Å². The van der Waals surface area contributed by atoms with E-state index in [2.05, 4.69) is 31.1 Å². The highest BCUT2D eigenvalue weighted by molar-refractivity contribution is 6.33. The number of benzene rings is 2. The molecule has 7 heteroatoms. The maximum absolute atomic E-state index is 13.4. The summed E-state index contributed by atoms with van der Waals surface area (Å²) in [4.78, 5) is 18.0. The maximum Gasteiger partial charge on any atom is 0.271 e. The Morgan fingerprint density at radius 2 is 1.82 bits per heavy atom. The molecule has 5 rings (SSSR count). The second-order valence-electron chi connectivity index (χ2n) is 10.0. The number of imidazole rings is 1. The number of rotatable bonds is 4. The van der Waals surface area contributed by atoms with Crippen molar-refractivity contribution in [2.75, 3.05) is 0 Å². The number of aliphatic hydroxyl groups excluding tert-OH is 1. The average molecular weight is 484 g/mol. The van der Waals surface area contributed by atoms with Crippen LogP contribution in [0.15, 0.2) is 54.7 Å². The van der Waals surface area contributed by atoms with Crippen molar-refractivity contribution in [3.63, 3.8) is 0 Å². The molecule has 4 atom stereocenters. The van der Waals surface area contributed by atoms with E-state index in [0.29, 0.717) is 15.9 Å². The number of aliphatic hydroxyl groups is 1. The lowest BCUT2D eigenvalue weighted by Gasteiger charge is -2.37. The largest absolute Gasteiger partial charge is 0.390 e. The lowest BCUT2D eigenvalue weighted by molar-refractivity contribution is 0.000465. The van der Waals surface area contributed by atoms with Gasteiger partial charge in [-0.05, 0) is 60.6 Å². The molecule has 1 heterocycles. The minimum Gasteiger partial charge on any atom is -0.390 e. The van der Waals surface area contributed by atoms with Crippen molar-refractivity contribution in [3.8, 4) is 17.1 Å². The molecule has 2 fully saturated rings. The molecule has 2 N–H and O–H groups in total. The topological polar surface area (TPSA) is 67.2 Å². The molecule has 0 unspecified atom stereocenters. The fourth-order valence-corrected chi connectivity index (χ4v) is 6.21. The van der Waals surface area contributed by atoms with Gasteiger partial charge in [0.2, 0.25) is 0 Å². The molecule has 0 spiro atoms. The number of nitrogens with one attached hydrogen (secondary N) is 1. The Morgan fingerprint density at radius 1 is 1.12 bits per heavy atom. The summed E-state index contributed by atoms with van der Waals surface area (Å²) < 4.78 is 1.84. The Kier molecular flexibility index (Phi) is 5.35. The number of aromatic nitrogens is 2. The first-order chi connectivity index (χ1) is 15.6. The number of fused-ring (bicyclic) bond motifs is 2. The lowest BCUT2D eigenvalue weighted by atomic mass is 9.70. The summed E-state index contributed by atoms with van der Waals surface area (Å²) in [6.45, 7) is 6.53. The predicted molar refractivity (Wildman–Crippen MR) is 131 cm³/mol. The van der Waals surface area contributed by atoms with E-state index < -0.39 is 6.10 Å². The Morgan fingerprint density at radius 3 is 2.45 bits per heavy atom. The number of carbonyl (C=O) groups is 1. The smallest absolute Gasteiger partial charge is 0.271 e. The van der Waals surface area contributed by atoms with Crippen molar-refractivity contribution in [1.29, 1.82) is 0 Å². The van der Waals surface area contributed by atoms with E-state index in [1.165, 1.54) is 0 Å². The molecule has 0 saturated heterocycles. The zero-order valence-corrected chi connectivity index (χ0v) is 20.4. The van der Waals surface area contributed by atoms with Crippen molar-refractivity contribution in [2.24, 2.45) is 16.7 Å². The number of hydrogen-bond donors (Lipinski definition) is 2. The monoisotopic (exact) mass is 483 g/mol. The third kappa shape index (κ3) is 3.40. The van der Waals surface area contributed by atoms with Crippen molar-refractivity contribution in [1.82, 2.24) is 14.9 Å². The molecule has 2 bridgehead atoms. The number of halogens is 2. The number of carbonyl (C=O) groups excluding carboxylic acids is 1. The molecule has 2 aliphatic rings. The van der Waals surface area contributed by atoms with Crippen molar-refractivity contribution in [3.05, 3.63) is 70.5 Å². The van der Waals surface area contributed by atoms with Crippen LogP contribution in [0.4, 0.5) is 0 Å². The summed E-state index contributed by atoms with van der Waals surface area (Å²) in [6.07, 6.45) is 3.09. The van der Waals surface area contributed by atoms with Gasteiger partial charge in [0.1, 0.15) is 11.5 Å². The van der Waals surface area contributed by atoms with Crippen molar-refractivity contribution >= 4 is 29.1 Å². The summed E-state index contributed by atoms with van der Waals surface area (Å²) in [6, 6.07) is 14.4. The van der Waals surface area contributed by atoms with E-state index in [1.807, 2.05) is 34.9 Å². The van der Waals surface area contributed by atoms with Gasteiger partial charge in [0.15, 0.2) is 0 Å². The zero-order chi connectivity index (χ0) is 23.5. The van der Waals surface area contributed by atoms with Gasteiger partial charge in [-0.15, -0.1) is 0 Å². The van der Waals surface area contributed by atoms with Crippen LogP contribution in [0.25, 0.3) is 17.1 Å². The third-order valence-electron chi connectivity index (χ3n) is 8.26. The summed E-state index contributed by atoms with van der Waals surface area (Å²) in [5.41, 5.74) is 1.56. The molecular weight excluding hydrogens is 457 g/mol. The molecule has 1 amide bonds. The van der Waals surface area contributed by atoms with E-state index in [9.17, 15) is 9.90 Å². The number of nitrogens with zero attached hydrogens (tertiary/aromatic N) is 2. The van der Waals surface area contributed by atoms with E-state index in [1.54, 1.807) is 24.4 Å². The molecule has 1 aromatic heterocycles. The minimum atomic E-state index is -0.586. The molecule has 2 saturated carbocycles. The predicted octanol–water partition coefficient (Wildman–Crippen LogP) is 5.76. The van der Waals surface area contributed by atoms with E-state index in [4.69, 9.17) is 23.2 Å². The maximum atomic E-state index is 13.4. The number of amides is 1. The Labute approximate surface area is 203 Å². The molecule has 2 aromatic carbocycles. The normalized spacial score (nSPS) is 27.6. The van der Waals surface area contributed by atoms with Gasteiger partial charge in [0.05, 0.1) is 17.2 Å². The summed E-state index contributed by atoms with van der Waals surface area (Å²) in [7, 11) is 0. The quantitative estimate of drug-likeness (QED) is 0.495. The van der Waals surface area contributed by atoms with E-state index >= 15 is 0 Å². The molecule has 0 aliphatic heterocycles. The molecule has 3 aromatic rings. The van der Waals surface area contributed by atoms with E-state index in [0.717, 1.165) is 24.1 Å². The van der Waals surface area contributed by atoms with Gasteiger partial charge in [-0.2, -0.15) is 0 Å². The highest BCUT2D eigenvalue weighted by atomic mass is 35.5.